The van der Waals surface area contributed by atoms with Crippen molar-refractivity contribution in [1.29, 1.82) is 0 Å². The van der Waals surface area contributed by atoms with Gasteiger partial charge in [0.25, 0.3) is 0 Å². The molecule has 5 aromatic carbocycles. The second-order valence-electron chi connectivity index (χ2n) is 31.7. The molecule has 14 rings (SSSR count). The highest BCUT2D eigenvalue weighted by Crippen LogP contribution is 2.38. The summed E-state index contributed by atoms with van der Waals surface area (Å²) in [6.07, 6.45) is 35.2. The number of halogens is 2. The summed E-state index contributed by atoms with van der Waals surface area (Å²) in [6, 6.07) is 35.1. The fraction of sp³-hybridized carbons (Fsp3) is 0.529. The second-order valence-corrected chi connectivity index (χ2v) is 31.7. The van der Waals surface area contributed by atoms with E-state index in [0.717, 1.165) is 153 Å². The predicted molar refractivity (Wildman–Crippen MR) is 418 cm³/mol. The number of aromatic nitrogens is 3. The van der Waals surface area contributed by atoms with Gasteiger partial charge in [-0.15, -0.1) is 24.8 Å². The van der Waals surface area contributed by atoms with Gasteiger partial charge in [0, 0.05) is 78.7 Å². The molecule has 6 heterocycles. The van der Waals surface area contributed by atoms with Crippen molar-refractivity contribution in [2.24, 2.45) is 35.5 Å². The number of hydrogen-bond acceptors (Lipinski definition) is 13. The van der Waals surface area contributed by atoms with Gasteiger partial charge in [-0.3, -0.25) is 9.80 Å². The number of ether oxygens (including phenoxy) is 1. The van der Waals surface area contributed by atoms with Crippen molar-refractivity contribution in [3.05, 3.63) is 177 Å². The molecule has 3 saturated carbocycles. The molecule has 3 aliphatic heterocycles. The number of fused-ring (bicyclic) bond motifs is 3. The van der Waals surface area contributed by atoms with Crippen LogP contribution in [-0.2, 0) is 56.7 Å². The van der Waals surface area contributed by atoms with Gasteiger partial charge in [-0.25, -0.2) is 4.79 Å². The number of allylic oxidation sites excluding steroid dienone is 3. The maximum absolute atomic E-state index is 12.3. The number of likely N-dealkylation sites (tertiary alicyclic amines) is 3. The number of rotatable bonds is 25. The zero-order valence-electron chi connectivity index (χ0n) is 62.1. The van der Waals surface area contributed by atoms with E-state index >= 15 is 0 Å². The minimum absolute atomic E-state index is 0. The van der Waals surface area contributed by atoms with Crippen LogP contribution in [0, 0.1) is 35.5 Å². The summed E-state index contributed by atoms with van der Waals surface area (Å²) in [5.74, 6) is 4.46. The number of carbonyl (C=O) groups excluding carboxylic acids is 1. The molecule has 8 aromatic rings. The first-order valence-electron chi connectivity index (χ1n) is 37.7. The first kappa shape index (κ1) is 77.0. The fourth-order valence-electron chi connectivity index (χ4n) is 14.7. The smallest absolute Gasteiger partial charge is 0.410 e. The van der Waals surface area contributed by atoms with Crippen LogP contribution in [0.3, 0.4) is 0 Å². The van der Waals surface area contributed by atoms with Crippen molar-refractivity contribution >= 4 is 82.0 Å². The molecule has 3 aliphatic carbocycles. The van der Waals surface area contributed by atoms with Gasteiger partial charge < -0.3 is 37.9 Å². The molecule has 1 amide bonds. The van der Waals surface area contributed by atoms with E-state index in [0.29, 0.717) is 5.92 Å². The summed E-state index contributed by atoms with van der Waals surface area (Å²) in [7, 11) is 12.7. The van der Waals surface area contributed by atoms with E-state index < -0.39 is 5.60 Å². The predicted octanol–water partition coefficient (Wildman–Crippen LogP) is 19.1. The number of amides is 1. The molecule has 101 heavy (non-hydrogen) atoms. The highest BCUT2D eigenvalue weighted by molar-refractivity contribution is 5.88. The Morgan fingerprint density at radius 1 is 0.446 bits per heavy atom. The molecule has 16 heteroatoms. The SMILES string of the molecule is CN(C)Cc1c(/C=C\C2CC2)ccc2c(CCC3CCN(C(=O)OC(C)(C)C)CC3)noc12.CN(C)Cc1c(/C=C\C2CC2)ccc2c(CCC3CCN(Cc4ccccc4)CC3)noc12.CN(C)Cc1c(/C=C\C2CC2)ccc2c(CCC3CCN(Cc4ccccc4)CC3)noc12.Cl.Cl. The van der Waals surface area contributed by atoms with Gasteiger partial charge in [0.15, 0.2) is 16.7 Å². The molecule has 3 aromatic heterocycles. The number of piperidine rings is 3. The molecule has 544 valence electrons. The van der Waals surface area contributed by atoms with Gasteiger partial charge in [0.05, 0.1) is 17.1 Å². The number of nitrogens with zero attached hydrogens (tertiary/aromatic N) is 9. The molecule has 14 nitrogen and oxygen atoms in total. The minimum atomic E-state index is -0.444. The third-order valence-corrected chi connectivity index (χ3v) is 21.0. The van der Waals surface area contributed by atoms with Crippen molar-refractivity contribution in [2.75, 3.05) is 81.6 Å². The Kier molecular flexibility index (Phi) is 28.0. The highest BCUT2D eigenvalue weighted by atomic mass is 35.5. The Hall–Kier alpha value is -6.62. The Morgan fingerprint density at radius 3 is 1.04 bits per heavy atom. The van der Waals surface area contributed by atoms with Crippen molar-refractivity contribution in [3.8, 4) is 0 Å². The first-order valence-corrected chi connectivity index (χ1v) is 37.7. The zero-order chi connectivity index (χ0) is 68.8. The summed E-state index contributed by atoms with van der Waals surface area (Å²) >= 11 is 0. The van der Waals surface area contributed by atoms with Crippen molar-refractivity contribution in [1.82, 2.24) is 44.9 Å². The molecule has 0 unspecified atom stereocenters. The van der Waals surface area contributed by atoms with Crippen LogP contribution in [0.2, 0.25) is 0 Å². The Bertz CT molecular complexity index is 3790. The van der Waals surface area contributed by atoms with E-state index in [1.165, 1.54) is 159 Å². The number of hydrogen-bond donors (Lipinski definition) is 0. The third kappa shape index (κ3) is 22.7. The van der Waals surface area contributed by atoms with E-state index in [9.17, 15) is 4.79 Å². The Labute approximate surface area is 615 Å². The molecule has 0 spiro atoms. The van der Waals surface area contributed by atoms with Crippen LogP contribution >= 0.6 is 24.8 Å². The minimum Gasteiger partial charge on any atom is -0.444 e. The van der Waals surface area contributed by atoms with E-state index in [2.05, 4.69) is 216 Å². The second kappa shape index (κ2) is 36.7. The van der Waals surface area contributed by atoms with Gasteiger partial charge in [0.2, 0.25) is 0 Å². The van der Waals surface area contributed by atoms with Crippen LogP contribution in [0.25, 0.3) is 51.1 Å². The monoisotopic (exact) mass is 1410 g/mol. The summed E-state index contributed by atoms with van der Waals surface area (Å²) in [6.45, 7) is 16.8. The maximum atomic E-state index is 12.3. The molecule has 0 N–H and O–H groups in total. The molecular weight excluding hydrogens is 1300 g/mol. The first-order chi connectivity index (χ1) is 48.0. The molecule has 0 bridgehead atoms. The van der Waals surface area contributed by atoms with E-state index in [4.69, 9.17) is 18.3 Å². The average Bonchev–Trinajstić information content (AvgIpc) is 1.47. The Balaban J connectivity index is 0.000000162. The lowest BCUT2D eigenvalue weighted by Gasteiger charge is -2.33. The maximum Gasteiger partial charge on any atom is 0.410 e. The van der Waals surface area contributed by atoms with Crippen LogP contribution in [0.4, 0.5) is 4.79 Å². The molecule has 0 atom stereocenters. The van der Waals surface area contributed by atoms with E-state index in [1.807, 2.05) is 25.7 Å². The lowest BCUT2D eigenvalue weighted by atomic mass is 9.90. The highest BCUT2D eigenvalue weighted by Gasteiger charge is 2.30. The van der Waals surface area contributed by atoms with Crippen LogP contribution in [-0.4, -0.2) is 138 Å². The van der Waals surface area contributed by atoms with Crippen LogP contribution in [0.15, 0.2) is 129 Å². The summed E-state index contributed by atoms with van der Waals surface area (Å²) in [4.78, 5) is 26.0. The molecule has 6 aliphatic rings. The van der Waals surface area contributed by atoms with Gasteiger partial charge >= 0.3 is 6.09 Å². The van der Waals surface area contributed by atoms with Gasteiger partial charge in [-0.2, -0.15) is 0 Å². The van der Waals surface area contributed by atoms with Crippen molar-refractivity contribution in [2.45, 2.75) is 175 Å². The normalized spacial score (nSPS) is 17.8. The molecular formula is C85H115Cl2N9O5. The topological polar surface area (TPSA) is 124 Å². The average molecular weight is 1410 g/mol. The zero-order valence-corrected chi connectivity index (χ0v) is 63.7. The largest absolute Gasteiger partial charge is 0.444 e. The van der Waals surface area contributed by atoms with Crippen molar-refractivity contribution < 1.29 is 23.1 Å². The number of benzene rings is 5. The number of carbonyl (C=O) groups is 1. The van der Waals surface area contributed by atoms with E-state index in [1.54, 1.807) is 0 Å². The summed E-state index contributed by atoms with van der Waals surface area (Å²) in [5, 5.41) is 17.1. The number of aryl methyl sites for hydroxylation is 3. The molecule has 0 radical (unpaired) electrons. The van der Waals surface area contributed by atoms with E-state index in [-0.39, 0.29) is 30.9 Å². The van der Waals surface area contributed by atoms with Crippen LogP contribution in [0.1, 0.15) is 179 Å². The standard InChI is InChI=1S/2C29H37N3O.C27H39N3O3.2ClH/c2*1-31(2)21-27-25(12-10-22-8-9-22)13-14-26-28(30-33-29(26)27)15-11-23-16-18-32(19-17-23)20-24-6-4-3-5-7-24;1-27(2,3)32-26(31)30-16-14-20(15-17-30)9-13-24-22-12-11-21(10-8-19-6-7-19)23(18-29(4)5)25(22)33-28-24;;/h2*3-7,10,12-14,22-23H,8-9,11,15-21H2,1-2H3;8,10-12,19-20H,6-7,9,13-18H2,1-5H3;2*1H/b2*12-10-;10-8-;;. The lowest BCUT2D eigenvalue weighted by molar-refractivity contribution is 0.0181. The van der Waals surface area contributed by atoms with Crippen molar-refractivity contribution in [3.63, 3.8) is 0 Å². The van der Waals surface area contributed by atoms with Gasteiger partial charge in [-0.1, -0.05) is 131 Å². The summed E-state index contributed by atoms with van der Waals surface area (Å²) in [5.41, 5.74) is 16.1. The molecule has 6 fully saturated rings. The lowest BCUT2D eigenvalue weighted by Crippen LogP contribution is -2.41. The van der Waals surface area contributed by atoms with Gasteiger partial charge in [0.1, 0.15) is 5.60 Å². The molecule has 3 saturated heterocycles. The fourth-order valence-corrected chi connectivity index (χ4v) is 14.7. The van der Waals surface area contributed by atoms with Crippen LogP contribution < -0.4 is 0 Å². The van der Waals surface area contributed by atoms with Crippen LogP contribution in [0.5, 0.6) is 0 Å². The Morgan fingerprint density at radius 2 is 0.752 bits per heavy atom. The summed E-state index contributed by atoms with van der Waals surface area (Å²) < 4.78 is 23.3. The quantitative estimate of drug-likeness (QED) is 0.0540. The van der Waals surface area contributed by atoms with Gasteiger partial charge in [-0.05, 0) is 286 Å². The third-order valence-electron chi connectivity index (χ3n) is 21.0.